The first-order valence-electron chi connectivity index (χ1n) is 6.06. The molecule has 0 saturated carbocycles. The monoisotopic (exact) mass is 234 g/mol. The molecule has 1 rings (SSSR count). The highest BCUT2D eigenvalue weighted by Gasteiger charge is 2.15. The van der Waals surface area contributed by atoms with Gasteiger partial charge in [0.1, 0.15) is 0 Å². The molecule has 2 heteroatoms. The van der Waals surface area contributed by atoms with Crippen molar-refractivity contribution >= 4 is 5.78 Å². The number of aliphatic hydroxyl groups excluding tert-OH is 1. The van der Waals surface area contributed by atoms with Crippen molar-refractivity contribution in [2.24, 2.45) is 5.41 Å². The maximum Gasteiger partial charge on any atom is 0.181 e. The predicted octanol–water partition coefficient (Wildman–Crippen LogP) is 3.19. The van der Waals surface area contributed by atoms with E-state index in [2.05, 4.69) is 19.9 Å². The van der Waals surface area contributed by atoms with Crippen LogP contribution in [0.1, 0.15) is 40.5 Å². The summed E-state index contributed by atoms with van der Waals surface area (Å²) in [5.41, 5.74) is 1.75. The van der Waals surface area contributed by atoms with E-state index < -0.39 is 6.10 Å². The lowest BCUT2D eigenvalue weighted by Gasteiger charge is -2.18. The summed E-state index contributed by atoms with van der Waals surface area (Å²) in [7, 11) is 0. The highest BCUT2D eigenvalue weighted by molar-refractivity contribution is 6.03. The number of carbonyl (C=O) groups is 1. The lowest BCUT2D eigenvalue weighted by molar-refractivity contribution is -0.111. The molecule has 0 aliphatic heterocycles. The Balaban J connectivity index is 3.05. The van der Waals surface area contributed by atoms with E-state index in [1.807, 2.05) is 13.0 Å². The van der Waals surface area contributed by atoms with Crippen LogP contribution >= 0.6 is 0 Å². The Bertz CT molecular complexity index is 384. The maximum atomic E-state index is 11.8. The average molecular weight is 234 g/mol. The quantitative estimate of drug-likeness (QED) is 0.654. The Morgan fingerprint density at radius 1 is 1.35 bits per heavy atom. The molecule has 0 saturated heterocycles. The summed E-state index contributed by atoms with van der Waals surface area (Å²) >= 11 is 0. The molecule has 0 unspecified atom stereocenters. The highest BCUT2D eigenvalue weighted by atomic mass is 16.3. The van der Waals surface area contributed by atoms with Crippen molar-refractivity contribution in [1.82, 2.24) is 0 Å². The van der Waals surface area contributed by atoms with Crippen molar-refractivity contribution in [3.8, 4) is 0 Å². The Morgan fingerprint density at radius 2 is 2.00 bits per heavy atom. The first-order chi connectivity index (χ1) is 7.80. The van der Waals surface area contributed by atoms with Gasteiger partial charge in [0.25, 0.3) is 0 Å². The lowest BCUT2D eigenvalue weighted by atomic mass is 9.87. The molecule has 2 nitrogen and oxygen atoms in total. The first-order valence-corrected chi connectivity index (χ1v) is 6.06. The van der Waals surface area contributed by atoms with Gasteiger partial charge in [-0.1, -0.05) is 31.6 Å². The molecule has 0 aromatic rings. The predicted molar refractivity (Wildman–Crippen MR) is 70.7 cm³/mol. The van der Waals surface area contributed by atoms with Gasteiger partial charge in [-0.3, -0.25) is 4.79 Å². The van der Waals surface area contributed by atoms with Crippen LogP contribution in [0.5, 0.6) is 0 Å². The first kappa shape index (κ1) is 13.9. The molecule has 0 fully saturated rings. The van der Waals surface area contributed by atoms with Crippen LogP contribution in [-0.2, 0) is 4.79 Å². The summed E-state index contributed by atoms with van der Waals surface area (Å²) in [6.07, 6.45) is 8.27. The van der Waals surface area contributed by atoms with Gasteiger partial charge in [0.2, 0.25) is 0 Å². The Hall–Kier alpha value is -1.15. The number of aliphatic hydroxyl groups is 1. The summed E-state index contributed by atoms with van der Waals surface area (Å²) < 4.78 is 0. The van der Waals surface area contributed by atoms with Crippen LogP contribution in [0.2, 0.25) is 0 Å². The summed E-state index contributed by atoms with van der Waals surface area (Å²) in [6, 6.07) is 0. The molecule has 0 heterocycles. The lowest BCUT2D eigenvalue weighted by Crippen LogP contribution is -2.07. The second-order valence-electron chi connectivity index (χ2n) is 5.56. The largest absolute Gasteiger partial charge is 0.389 e. The fourth-order valence-corrected chi connectivity index (χ4v) is 1.78. The standard InChI is InChI=1S/C15H22O2/c1-11-5-7-15(3,4)8-6-14(17)12(2)10-13(16)9-11/h5-6,8,10,13,16H,7,9H2,1-4H3/b8-6+,11-5-,12-10+/t13-/m0/s1. The molecule has 0 amide bonds. The van der Waals surface area contributed by atoms with Gasteiger partial charge in [0.05, 0.1) is 6.10 Å². The van der Waals surface area contributed by atoms with Gasteiger partial charge >= 0.3 is 0 Å². The zero-order valence-electron chi connectivity index (χ0n) is 11.2. The van der Waals surface area contributed by atoms with Crippen LogP contribution in [0.25, 0.3) is 0 Å². The third kappa shape index (κ3) is 4.70. The molecule has 0 bridgehead atoms. The van der Waals surface area contributed by atoms with E-state index >= 15 is 0 Å². The molecule has 0 spiro atoms. The molecule has 0 aromatic heterocycles. The third-order valence-corrected chi connectivity index (χ3v) is 3.02. The van der Waals surface area contributed by atoms with E-state index in [4.69, 9.17) is 0 Å². The average Bonchev–Trinajstić information content (AvgIpc) is 2.23. The molecular formula is C15H22O2. The van der Waals surface area contributed by atoms with Gasteiger partial charge in [-0.25, -0.2) is 0 Å². The smallest absolute Gasteiger partial charge is 0.181 e. The highest BCUT2D eigenvalue weighted by Crippen LogP contribution is 2.25. The number of allylic oxidation sites excluding steroid dienone is 4. The van der Waals surface area contributed by atoms with Crippen molar-refractivity contribution in [3.63, 3.8) is 0 Å². The van der Waals surface area contributed by atoms with Crippen LogP contribution < -0.4 is 0 Å². The van der Waals surface area contributed by atoms with Gasteiger partial charge in [0.15, 0.2) is 5.78 Å². The zero-order valence-corrected chi connectivity index (χ0v) is 11.2. The maximum absolute atomic E-state index is 11.8. The Labute approximate surface area is 104 Å². The molecular weight excluding hydrogens is 212 g/mol. The number of hydrogen-bond acceptors (Lipinski definition) is 2. The number of carbonyl (C=O) groups excluding carboxylic acids is 1. The molecule has 1 N–H and O–H groups in total. The van der Waals surface area contributed by atoms with Crippen LogP contribution in [0.3, 0.4) is 0 Å². The molecule has 94 valence electrons. The zero-order chi connectivity index (χ0) is 13.1. The molecule has 0 aromatic carbocycles. The van der Waals surface area contributed by atoms with Crippen molar-refractivity contribution in [2.45, 2.75) is 46.6 Å². The fraction of sp³-hybridized carbons (Fsp3) is 0.533. The molecule has 17 heavy (non-hydrogen) atoms. The summed E-state index contributed by atoms with van der Waals surface area (Å²) in [6.45, 7) is 7.98. The minimum atomic E-state index is -0.565. The Morgan fingerprint density at radius 3 is 2.65 bits per heavy atom. The van der Waals surface area contributed by atoms with E-state index in [-0.39, 0.29) is 11.2 Å². The van der Waals surface area contributed by atoms with Gasteiger partial charge < -0.3 is 5.11 Å². The van der Waals surface area contributed by atoms with Gasteiger partial charge in [-0.05, 0) is 49.8 Å². The van der Waals surface area contributed by atoms with Gasteiger partial charge in [0, 0.05) is 0 Å². The van der Waals surface area contributed by atoms with Crippen LogP contribution in [0.4, 0.5) is 0 Å². The normalized spacial score (nSPS) is 33.9. The summed E-state index contributed by atoms with van der Waals surface area (Å²) in [4.78, 5) is 11.8. The fourth-order valence-electron chi connectivity index (χ4n) is 1.78. The van der Waals surface area contributed by atoms with Gasteiger partial charge in [-0.2, -0.15) is 0 Å². The second kappa shape index (κ2) is 5.46. The van der Waals surface area contributed by atoms with E-state index in [1.54, 1.807) is 19.1 Å². The van der Waals surface area contributed by atoms with Crippen LogP contribution in [0, 0.1) is 5.41 Å². The second-order valence-corrected chi connectivity index (χ2v) is 5.56. The van der Waals surface area contributed by atoms with E-state index in [0.29, 0.717) is 12.0 Å². The van der Waals surface area contributed by atoms with Crippen molar-refractivity contribution in [1.29, 1.82) is 0 Å². The topological polar surface area (TPSA) is 37.3 Å². The molecule has 0 radical (unpaired) electrons. The minimum absolute atomic E-state index is 0.0170. The SMILES string of the molecule is C/C1=C/CC(C)(C)/C=C/C(=O)/C(C)=C/[C@@H](O)C1. The molecule has 1 atom stereocenters. The number of hydrogen-bond donors (Lipinski definition) is 1. The summed E-state index contributed by atoms with van der Waals surface area (Å²) in [5, 5.41) is 9.82. The molecule has 1 aliphatic carbocycles. The van der Waals surface area contributed by atoms with Gasteiger partial charge in [-0.15, -0.1) is 0 Å². The minimum Gasteiger partial charge on any atom is -0.389 e. The number of ketones is 1. The van der Waals surface area contributed by atoms with Crippen LogP contribution in [0.15, 0.2) is 35.5 Å². The number of rotatable bonds is 0. The Kier molecular flexibility index (Phi) is 4.47. The molecule has 1 aliphatic rings. The van der Waals surface area contributed by atoms with E-state index in [1.165, 1.54) is 0 Å². The van der Waals surface area contributed by atoms with Crippen molar-refractivity contribution < 1.29 is 9.90 Å². The van der Waals surface area contributed by atoms with Crippen molar-refractivity contribution in [2.75, 3.05) is 0 Å². The van der Waals surface area contributed by atoms with E-state index in [9.17, 15) is 9.90 Å². The van der Waals surface area contributed by atoms with E-state index in [0.717, 1.165) is 12.0 Å². The van der Waals surface area contributed by atoms with Crippen molar-refractivity contribution in [3.05, 3.63) is 35.5 Å². The summed E-state index contributed by atoms with van der Waals surface area (Å²) in [5.74, 6) is -0.0170. The third-order valence-electron chi connectivity index (χ3n) is 3.02. The van der Waals surface area contributed by atoms with Crippen LogP contribution in [-0.4, -0.2) is 17.0 Å².